The average Bonchev–Trinajstić information content (AvgIpc) is 2.63. The number of hydrogen-bond donors (Lipinski definition) is 1. The number of amides is 1. The predicted octanol–water partition coefficient (Wildman–Crippen LogP) is 2.35. The Morgan fingerprint density at radius 3 is 2.04 bits per heavy atom. The van der Waals surface area contributed by atoms with Crippen LogP contribution in [0.1, 0.15) is 37.6 Å². The maximum absolute atomic E-state index is 12.9. The van der Waals surface area contributed by atoms with E-state index in [4.69, 9.17) is 18.9 Å². The minimum absolute atomic E-state index is 0.105. The third-order valence-corrected chi connectivity index (χ3v) is 3.59. The Labute approximate surface area is 155 Å². The van der Waals surface area contributed by atoms with Crippen molar-refractivity contribution in [3.05, 3.63) is 17.7 Å². The number of methoxy groups -OCH3 is 1. The summed E-state index contributed by atoms with van der Waals surface area (Å²) >= 11 is 0. The molecule has 0 aliphatic heterocycles. The summed E-state index contributed by atoms with van der Waals surface area (Å²) in [5.74, 6) is 1.26. The van der Waals surface area contributed by atoms with Crippen LogP contribution in [0.4, 0.5) is 0 Å². The van der Waals surface area contributed by atoms with Crippen LogP contribution in [0.25, 0.3) is 0 Å². The third-order valence-electron chi connectivity index (χ3n) is 3.59. The van der Waals surface area contributed by atoms with Crippen molar-refractivity contribution in [1.82, 2.24) is 4.90 Å². The minimum atomic E-state index is -0.194. The molecule has 0 heterocycles. The van der Waals surface area contributed by atoms with Crippen LogP contribution in [0.3, 0.4) is 0 Å². The van der Waals surface area contributed by atoms with E-state index in [0.717, 1.165) is 0 Å². The molecule has 0 atom stereocenters. The van der Waals surface area contributed by atoms with Gasteiger partial charge < -0.3 is 29.0 Å². The van der Waals surface area contributed by atoms with Gasteiger partial charge in [0.2, 0.25) is 5.75 Å². The maximum atomic E-state index is 12.9. The average molecular weight is 369 g/mol. The summed E-state index contributed by atoms with van der Waals surface area (Å²) in [5, 5.41) is 9.29. The van der Waals surface area contributed by atoms with E-state index in [1.807, 2.05) is 20.8 Å². The van der Waals surface area contributed by atoms with Gasteiger partial charge in [-0.15, -0.1) is 0 Å². The first-order valence-corrected chi connectivity index (χ1v) is 9.08. The van der Waals surface area contributed by atoms with Crippen molar-refractivity contribution in [3.63, 3.8) is 0 Å². The molecule has 7 nitrogen and oxygen atoms in total. The highest BCUT2D eigenvalue weighted by atomic mass is 16.5. The molecule has 0 radical (unpaired) electrons. The van der Waals surface area contributed by atoms with Crippen LogP contribution in [0, 0.1) is 0 Å². The molecule has 1 amide bonds. The van der Waals surface area contributed by atoms with Gasteiger partial charge in [0.05, 0.1) is 26.4 Å². The van der Waals surface area contributed by atoms with Gasteiger partial charge in [-0.1, -0.05) is 0 Å². The molecule has 0 saturated carbocycles. The second kappa shape index (κ2) is 12.4. The smallest absolute Gasteiger partial charge is 0.254 e. The zero-order valence-corrected chi connectivity index (χ0v) is 16.2. The monoisotopic (exact) mass is 369 g/mol. The van der Waals surface area contributed by atoms with Crippen LogP contribution in [0.5, 0.6) is 17.2 Å². The fourth-order valence-corrected chi connectivity index (χ4v) is 2.53. The SMILES string of the molecule is CCOc1cc(C(=O)N(CCO)CCCOC)cc(OCC)c1OCC. The predicted molar refractivity (Wildman–Crippen MR) is 99.4 cm³/mol. The van der Waals surface area contributed by atoms with Crippen molar-refractivity contribution >= 4 is 5.91 Å². The highest BCUT2D eigenvalue weighted by Gasteiger charge is 2.21. The second-order valence-electron chi connectivity index (χ2n) is 5.46. The molecule has 0 unspecified atom stereocenters. The number of nitrogens with zero attached hydrogens (tertiary/aromatic N) is 1. The fourth-order valence-electron chi connectivity index (χ4n) is 2.53. The van der Waals surface area contributed by atoms with E-state index < -0.39 is 0 Å². The Bertz CT molecular complexity index is 522. The van der Waals surface area contributed by atoms with E-state index in [0.29, 0.717) is 62.2 Å². The van der Waals surface area contributed by atoms with Crippen molar-refractivity contribution in [1.29, 1.82) is 0 Å². The summed E-state index contributed by atoms with van der Waals surface area (Å²) in [5.41, 5.74) is 0.436. The van der Waals surface area contributed by atoms with E-state index >= 15 is 0 Å². The molecule has 1 aromatic rings. The van der Waals surface area contributed by atoms with Crippen LogP contribution >= 0.6 is 0 Å². The largest absolute Gasteiger partial charge is 0.490 e. The van der Waals surface area contributed by atoms with Crippen LogP contribution in [-0.4, -0.2) is 69.1 Å². The van der Waals surface area contributed by atoms with Gasteiger partial charge in [0.15, 0.2) is 11.5 Å². The standard InChI is InChI=1S/C19H31NO6/c1-5-24-16-13-15(14-17(25-6-2)18(16)26-7-3)19(22)20(10-11-21)9-8-12-23-4/h13-14,21H,5-12H2,1-4H3. The van der Waals surface area contributed by atoms with Crippen LogP contribution in [-0.2, 0) is 4.74 Å². The number of benzene rings is 1. The normalized spacial score (nSPS) is 10.5. The van der Waals surface area contributed by atoms with Gasteiger partial charge in [-0.3, -0.25) is 4.79 Å². The molecule has 0 aromatic heterocycles. The summed E-state index contributed by atoms with van der Waals surface area (Å²) in [4.78, 5) is 14.5. The zero-order valence-electron chi connectivity index (χ0n) is 16.2. The first-order valence-electron chi connectivity index (χ1n) is 9.08. The lowest BCUT2D eigenvalue weighted by Crippen LogP contribution is -2.35. The van der Waals surface area contributed by atoms with Crippen LogP contribution < -0.4 is 14.2 Å². The Kier molecular flexibility index (Phi) is 10.5. The van der Waals surface area contributed by atoms with E-state index in [1.165, 1.54) is 0 Å². The van der Waals surface area contributed by atoms with Crippen molar-refractivity contribution in [3.8, 4) is 17.2 Å². The summed E-state index contributed by atoms with van der Waals surface area (Å²) in [7, 11) is 1.62. The first-order chi connectivity index (χ1) is 12.6. The van der Waals surface area contributed by atoms with Gasteiger partial charge in [-0.2, -0.15) is 0 Å². The molecule has 0 saturated heterocycles. The van der Waals surface area contributed by atoms with E-state index in [1.54, 1.807) is 24.1 Å². The molecular weight excluding hydrogens is 338 g/mol. The number of aliphatic hydroxyl groups excluding tert-OH is 1. The third kappa shape index (κ3) is 6.38. The van der Waals surface area contributed by atoms with Crippen molar-refractivity contribution in [2.75, 3.05) is 53.2 Å². The highest BCUT2D eigenvalue weighted by Crippen LogP contribution is 2.39. The highest BCUT2D eigenvalue weighted by molar-refractivity contribution is 5.95. The summed E-state index contributed by atoms with van der Waals surface area (Å²) in [6.45, 7) is 8.15. The lowest BCUT2D eigenvalue weighted by molar-refractivity contribution is 0.0700. The van der Waals surface area contributed by atoms with Crippen molar-refractivity contribution in [2.24, 2.45) is 0 Å². The Morgan fingerprint density at radius 1 is 1.00 bits per heavy atom. The molecular formula is C19H31NO6. The number of hydrogen-bond acceptors (Lipinski definition) is 6. The van der Waals surface area contributed by atoms with Crippen molar-refractivity contribution < 1.29 is 28.8 Å². The molecule has 0 fully saturated rings. The molecule has 26 heavy (non-hydrogen) atoms. The number of rotatable bonds is 13. The van der Waals surface area contributed by atoms with Crippen LogP contribution in [0.15, 0.2) is 12.1 Å². The van der Waals surface area contributed by atoms with Gasteiger partial charge in [0.25, 0.3) is 5.91 Å². The maximum Gasteiger partial charge on any atom is 0.254 e. The molecule has 0 spiro atoms. The van der Waals surface area contributed by atoms with Crippen molar-refractivity contribution in [2.45, 2.75) is 27.2 Å². The van der Waals surface area contributed by atoms with E-state index in [-0.39, 0.29) is 19.1 Å². The number of carbonyl (C=O) groups excluding carboxylic acids is 1. The first kappa shape index (κ1) is 22.1. The Morgan fingerprint density at radius 2 is 1.58 bits per heavy atom. The van der Waals surface area contributed by atoms with Gasteiger partial charge in [0.1, 0.15) is 0 Å². The van der Waals surface area contributed by atoms with Gasteiger partial charge in [-0.25, -0.2) is 0 Å². The quantitative estimate of drug-likeness (QED) is 0.538. The summed E-state index contributed by atoms with van der Waals surface area (Å²) in [6, 6.07) is 3.33. The van der Waals surface area contributed by atoms with Crippen LogP contribution in [0.2, 0.25) is 0 Å². The summed E-state index contributed by atoms with van der Waals surface area (Å²) in [6.07, 6.45) is 0.690. The Balaban J connectivity index is 3.19. The molecule has 0 bridgehead atoms. The van der Waals surface area contributed by atoms with Gasteiger partial charge >= 0.3 is 0 Å². The fraction of sp³-hybridized carbons (Fsp3) is 0.632. The molecule has 0 aliphatic rings. The van der Waals surface area contributed by atoms with Gasteiger partial charge in [-0.05, 0) is 39.3 Å². The molecule has 1 aromatic carbocycles. The second-order valence-corrected chi connectivity index (χ2v) is 5.46. The Hall–Kier alpha value is -1.99. The number of carbonyl (C=O) groups is 1. The molecule has 1 N–H and O–H groups in total. The molecule has 0 aliphatic carbocycles. The lowest BCUT2D eigenvalue weighted by atomic mass is 10.1. The number of ether oxygens (including phenoxy) is 4. The molecule has 7 heteroatoms. The molecule has 148 valence electrons. The molecule has 1 rings (SSSR count). The summed E-state index contributed by atoms with van der Waals surface area (Å²) < 4.78 is 22.0. The van der Waals surface area contributed by atoms with E-state index in [9.17, 15) is 9.90 Å². The zero-order chi connectivity index (χ0) is 19.4. The minimum Gasteiger partial charge on any atom is -0.490 e. The number of aliphatic hydroxyl groups is 1. The van der Waals surface area contributed by atoms with Gasteiger partial charge in [0, 0.05) is 32.4 Å². The lowest BCUT2D eigenvalue weighted by Gasteiger charge is -2.23. The van der Waals surface area contributed by atoms with E-state index in [2.05, 4.69) is 0 Å². The topological polar surface area (TPSA) is 77.5 Å².